The van der Waals surface area contributed by atoms with Crippen molar-refractivity contribution >= 4 is 11.6 Å². The van der Waals surface area contributed by atoms with Crippen LogP contribution in [0.5, 0.6) is 0 Å². The molecule has 4 heteroatoms. The summed E-state index contributed by atoms with van der Waals surface area (Å²) in [6, 6.07) is 8.34. The molecule has 1 aliphatic rings. The fraction of sp³-hybridized carbons (Fsp3) is 0.154. The van der Waals surface area contributed by atoms with Crippen LogP contribution >= 0.6 is 0 Å². The van der Waals surface area contributed by atoms with Crippen molar-refractivity contribution in [1.29, 1.82) is 0 Å². The zero-order valence-electron chi connectivity index (χ0n) is 9.11. The fourth-order valence-corrected chi connectivity index (χ4v) is 2.13. The molecule has 1 aliphatic heterocycles. The number of hydrogen-bond donors (Lipinski definition) is 1. The Morgan fingerprint density at radius 3 is 3.00 bits per heavy atom. The first-order valence-corrected chi connectivity index (χ1v) is 5.50. The summed E-state index contributed by atoms with van der Waals surface area (Å²) in [6.45, 7) is 0. The molecule has 1 aromatic heterocycles. The van der Waals surface area contributed by atoms with Gasteiger partial charge in [-0.1, -0.05) is 0 Å². The third-order valence-corrected chi connectivity index (χ3v) is 2.93. The van der Waals surface area contributed by atoms with E-state index in [4.69, 9.17) is 0 Å². The molecule has 0 unspecified atom stereocenters. The van der Waals surface area contributed by atoms with Crippen LogP contribution in [0.4, 0.5) is 10.1 Å². The molecule has 0 radical (unpaired) electrons. The lowest BCUT2D eigenvalue weighted by molar-refractivity contribution is -0.116. The van der Waals surface area contributed by atoms with E-state index in [2.05, 4.69) is 5.32 Å². The van der Waals surface area contributed by atoms with Crippen molar-refractivity contribution in [1.82, 2.24) is 4.57 Å². The highest BCUT2D eigenvalue weighted by atomic mass is 19.1. The van der Waals surface area contributed by atoms with Gasteiger partial charge in [0.15, 0.2) is 0 Å². The topological polar surface area (TPSA) is 34.0 Å². The van der Waals surface area contributed by atoms with Gasteiger partial charge in [0, 0.05) is 18.3 Å². The molecule has 3 rings (SSSR count). The van der Waals surface area contributed by atoms with Gasteiger partial charge in [-0.3, -0.25) is 4.79 Å². The molecule has 0 aliphatic carbocycles. The summed E-state index contributed by atoms with van der Waals surface area (Å²) in [5, 5.41) is 2.73. The first kappa shape index (κ1) is 10.1. The SMILES string of the molecule is O=C1CCc2cccn2-c2ccc(F)cc2N1. The fourth-order valence-electron chi connectivity index (χ4n) is 2.13. The number of hydrogen-bond acceptors (Lipinski definition) is 1. The van der Waals surface area contributed by atoms with Gasteiger partial charge in [0.25, 0.3) is 0 Å². The Balaban J connectivity index is 2.22. The molecule has 1 aromatic carbocycles. The minimum absolute atomic E-state index is 0.0794. The van der Waals surface area contributed by atoms with Crippen LogP contribution in [0.1, 0.15) is 12.1 Å². The highest BCUT2D eigenvalue weighted by Crippen LogP contribution is 2.26. The van der Waals surface area contributed by atoms with E-state index in [1.54, 1.807) is 6.07 Å². The maximum absolute atomic E-state index is 13.2. The number of benzene rings is 1. The van der Waals surface area contributed by atoms with E-state index in [0.29, 0.717) is 18.5 Å². The summed E-state index contributed by atoms with van der Waals surface area (Å²) >= 11 is 0. The second-order valence-corrected chi connectivity index (χ2v) is 4.08. The summed E-state index contributed by atoms with van der Waals surface area (Å²) < 4.78 is 15.2. The highest BCUT2D eigenvalue weighted by Gasteiger charge is 2.15. The maximum Gasteiger partial charge on any atom is 0.224 e. The minimum Gasteiger partial charge on any atom is -0.324 e. The number of carbonyl (C=O) groups excluding carboxylic acids is 1. The lowest BCUT2D eigenvalue weighted by Gasteiger charge is -2.18. The molecular formula is C13H11FN2O. The molecule has 0 spiro atoms. The number of fused-ring (bicyclic) bond motifs is 3. The van der Waals surface area contributed by atoms with Gasteiger partial charge in [-0.05, 0) is 36.8 Å². The van der Waals surface area contributed by atoms with Gasteiger partial charge in [-0.25, -0.2) is 4.39 Å². The molecule has 2 heterocycles. The molecule has 1 amide bonds. The van der Waals surface area contributed by atoms with Gasteiger partial charge >= 0.3 is 0 Å². The number of rotatable bonds is 0. The van der Waals surface area contributed by atoms with E-state index in [9.17, 15) is 9.18 Å². The second kappa shape index (κ2) is 3.73. The Morgan fingerprint density at radius 2 is 2.12 bits per heavy atom. The van der Waals surface area contributed by atoms with Crippen molar-refractivity contribution < 1.29 is 9.18 Å². The highest BCUT2D eigenvalue weighted by molar-refractivity contribution is 5.93. The van der Waals surface area contributed by atoms with Crippen molar-refractivity contribution in [2.24, 2.45) is 0 Å². The number of aromatic nitrogens is 1. The van der Waals surface area contributed by atoms with Crippen molar-refractivity contribution in [3.05, 3.63) is 48.0 Å². The Labute approximate surface area is 97.9 Å². The van der Waals surface area contributed by atoms with Crippen LogP contribution in [-0.4, -0.2) is 10.5 Å². The molecule has 0 atom stereocenters. The van der Waals surface area contributed by atoms with E-state index >= 15 is 0 Å². The monoisotopic (exact) mass is 230 g/mol. The first-order chi connectivity index (χ1) is 8.24. The van der Waals surface area contributed by atoms with Crippen molar-refractivity contribution in [2.75, 3.05) is 5.32 Å². The Kier molecular flexibility index (Phi) is 2.21. The van der Waals surface area contributed by atoms with E-state index in [1.807, 2.05) is 22.9 Å². The van der Waals surface area contributed by atoms with Gasteiger partial charge in [-0.15, -0.1) is 0 Å². The zero-order chi connectivity index (χ0) is 11.8. The van der Waals surface area contributed by atoms with E-state index in [1.165, 1.54) is 12.1 Å². The van der Waals surface area contributed by atoms with Gasteiger partial charge in [0.1, 0.15) is 5.82 Å². The molecule has 0 bridgehead atoms. The molecule has 3 nitrogen and oxygen atoms in total. The third-order valence-electron chi connectivity index (χ3n) is 2.93. The maximum atomic E-state index is 13.2. The standard InChI is InChI=1S/C13H11FN2O/c14-9-3-5-12-11(8-9)15-13(17)6-4-10-2-1-7-16(10)12/h1-3,5,7-8H,4,6H2,(H,15,17). The molecule has 86 valence electrons. The van der Waals surface area contributed by atoms with Crippen molar-refractivity contribution in [3.8, 4) is 5.69 Å². The summed E-state index contributed by atoms with van der Waals surface area (Å²) in [5.41, 5.74) is 2.39. The molecular weight excluding hydrogens is 219 g/mol. The van der Waals surface area contributed by atoms with Gasteiger partial charge in [0.2, 0.25) is 5.91 Å². The number of nitrogens with zero attached hydrogens (tertiary/aromatic N) is 1. The first-order valence-electron chi connectivity index (χ1n) is 5.50. The Morgan fingerprint density at radius 1 is 1.24 bits per heavy atom. The number of halogens is 1. The predicted molar refractivity (Wildman–Crippen MR) is 62.7 cm³/mol. The number of nitrogens with one attached hydrogen (secondary N) is 1. The average molecular weight is 230 g/mol. The van der Waals surface area contributed by atoms with Crippen LogP contribution in [0.15, 0.2) is 36.5 Å². The molecule has 2 aromatic rings. The molecule has 0 saturated heterocycles. The second-order valence-electron chi connectivity index (χ2n) is 4.08. The normalized spacial score (nSPS) is 14.3. The Hall–Kier alpha value is -2.10. The lowest BCUT2D eigenvalue weighted by atomic mass is 10.1. The Bertz CT molecular complexity index is 589. The van der Waals surface area contributed by atoms with Crippen molar-refractivity contribution in [3.63, 3.8) is 0 Å². The van der Waals surface area contributed by atoms with E-state index in [0.717, 1.165) is 11.4 Å². The van der Waals surface area contributed by atoms with Crippen molar-refractivity contribution in [2.45, 2.75) is 12.8 Å². The third kappa shape index (κ3) is 1.71. The van der Waals surface area contributed by atoms with Crippen LogP contribution in [0, 0.1) is 5.82 Å². The van der Waals surface area contributed by atoms with Crippen LogP contribution < -0.4 is 5.32 Å². The largest absolute Gasteiger partial charge is 0.324 e. The van der Waals surface area contributed by atoms with Gasteiger partial charge in [-0.2, -0.15) is 0 Å². The predicted octanol–water partition coefficient (Wildman–Crippen LogP) is 2.50. The zero-order valence-corrected chi connectivity index (χ0v) is 9.11. The molecule has 0 saturated carbocycles. The average Bonchev–Trinajstić information content (AvgIpc) is 2.72. The summed E-state index contributed by atoms with van der Waals surface area (Å²) in [6.07, 6.45) is 3.03. The van der Waals surface area contributed by atoms with Gasteiger partial charge in [0.05, 0.1) is 11.4 Å². The molecule has 17 heavy (non-hydrogen) atoms. The van der Waals surface area contributed by atoms with Crippen LogP contribution in [0.2, 0.25) is 0 Å². The van der Waals surface area contributed by atoms with Crippen LogP contribution in [0.25, 0.3) is 5.69 Å². The molecule has 0 fully saturated rings. The summed E-state index contributed by atoms with van der Waals surface area (Å²) in [7, 11) is 0. The lowest BCUT2D eigenvalue weighted by Crippen LogP contribution is -2.18. The van der Waals surface area contributed by atoms with Gasteiger partial charge < -0.3 is 9.88 Å². The number of anilines is 1. The van der Waals surface area contributed by atoms with E-state index < -0.39 is 0 Å². The quantitative estimate of drug-likeness (QED) is 0.741. The summed E-state index contributed by atoms with van der Waals surface area (Å²) in [5.74, 6) is -0.428. The van der Waals surface area contributed by atoms with Crippen LogP contribution in [-0.2, 0) is 11.2 Å². The van der Waals surface area contributed by atoms with E-state index in [-0.39, 0.29) is 11.7 Å². The number of amides is 1. The molecule has 1 N–H and O–H groups in total. The summed E-state index contributed by atoms with van der Waals surface area (Å²) in [4.78, 5) is 11.6. The number of aryl methyl sites for hydroxylation is 1. The minimum atomic E-state index is -0.349. The van der Waals surface area contributed by atoms with Crippen LogP contribution in [0.3, 0.4) is 0 Å². The smallest absolute Gasteiger partial charge is 0.224 e. The number of carbonyl (C=O) groups is 1.